The van der Waals surface area contributed by atoms with E-state index in [0.29, 0.717) is 12.5 Å². The molecular weight excluding hydrogens is 687 g/mol. The lowest BCUT2D eigenvalue weighted by atomic mass is 9.87. The lowest BCUT2D eigenvalue weighted by Gasteiger charge is -2.30. The Bertz CT molecular complexity index is 1170. The predicted octanol–water partition coefficient (Wildman–Crippen LogP) is 5.79. The minimum atomic E-state index is -4.65. The Labute approximate surface area is 228 Å². The average molecular weight is 710 g/mol. The molecule has 3 aromatic rings. The maximum absolute atomic E-state index is 13.1. The highest BCUT2D eigenvalue weighted by Crippen LogP contribution is 2.30. The van der Waals surface area contributed by atoms with Crippen LogP contribution in [0, 0.1) is 7.14 Å². The van der Waals surface area contributed by atoms with Gasteiger partial charge >= 0.3 is 6.18 Å². The zero-order valence-corrected chi connectivity index (χ0v) is 23.4. The molecule has 0 aliphatic heterocycles. The molecule has 0 aliphatic carbocycles. The van der Waals surface area contributed by atoms with Crippen molar-refractivity contribution in [1.82, 2.24) is 20.3 Å². The van der Waals surface area contributed by atoms with Crippen molar-refractivity contribution in [3.8, 4) is 5.88 Å². The van der Waals surface area contributed by atoms with Gasteiger partial charge in [0.25, 0.3) is 5.91 Å². The van der Waals surface area contributed by atoms with E-state index in [1.54, 1.807) is 12.4 Å². The Morgan fingerprint density at radius 1 is 1.06 bits per heavy atom. The van der Waals surface area contributed by atoms with Gasteiger partial charge in [-0.05, 0) is 102 Å². The number of aromatic nitrogens is 3. The molecule has 1 aromatic carbocycles. The highest BCUT2D eigenvalue weighted by Gasteiger charge is 2.36. The van der Waals surface area contributed by atoms with Gasteiger partial charge in [0.15, 0.2) is 11.3 Å². The summed E-state index contributed by atoms with van der Waals surface area (Å²) in [7, 11) is 0. The lowest BCUT2D eigenvalue weighted by molar-refractivity contribution is -0.141. The molecule has 0 radical (unpaired) electrons. The van der Waals surface area contributed by atoms with Crippen molar-refractivity contribution < 1.29 is 22.7 Å². The number of carbonyl (C=O) groups excluding carboxylic acids is 1. The molecule has 0 bridgehead atoms. The number of benzene rings is 1. The molecule has 0 aliphatic rings. The first kappa shape index (κ1) is 27.6. The Morgan fingerprint density at radius 3 is 2.37 bits per heavy atom. The molecular formula is C24H23F3I2N4O2. The zero-order valence-electron chi connectivity index (χ0n) is 19.1. The molecule has 2 atom stereocenters. The molecule has 0 saturated heterocycles. The minimum absolute atomic E-state index is 0.104. The molecule has 0 saturated carbocycles. The van der Waals surface area contributed by atoms with Crippen molar-refractivity contribution in [3.05, 3.63) is 79.1 Å². The standard InChI is InChI=1S/C24H23F3I2N4O2/c1-14(19(16-9-18(29)12-30-11-16)8-15-4-6-17(28)7-5-15)33-22(34)23(2,3)35-21-10-20(24(25,26)27)31-13-32-21/h4-7,9-14,19H,8H2,1-3H3,(H,33,34). The quantitative estimate of drug-likeness (QED) is 0.300. The highest BCUT2D eigenvalue weighted by molar-refractivity contribution is 14.1. The number of amides is 1. The molecule has 3 rings (SSSR count). The van der Waals surface area contributed by atoms with Crippen LogP contribution in [0.4, 0.5) is 13.2 Å². The smallest absolute Gasteiger partial charge is 0.433 e. The molecule has 0 fully saturated rings. The molecule has 2 aromatic heterocycles. The maximum atomic E-state index is 13.1. The molecule has 186 valence electrons. The number of hydrogen-bond donors (Lipinski definition) is 1. The minimum Gasteiger partial charge on any atom is -0.461 e. The van der Waals surface area contributed by atoms with Crippen molar-refractivity contribution in [2.24, 2.45) is 0 Å². The molecule has 6 nitrogen and oxygen atoms in total. The summed E-state index contributed by atoms with van der Waals surface area (Å²) in [5.41, 5.74) is -0.558. The van der Waals surface area contributed by atoms with E-state index in [2.05, 4.69) is 65.5 Å². The fourth-order valence-corrected chi connectivity index (χ4v) is 4.31. The van der Waals surface area contributed by atoms with Crippen molar-refractivity contribution in [2.45, 2.75) is 50.9 Å². The van der Waals surface area contributed by atoms with E-state index in [0.717, 1.165) is 24.6 Å². The summed E-state index contributed by atoms with van der Waals surface area (Å²) >= 11 is 4.44. The van der Waals surface area contributed by atoms with Crippen LogP contribution in [-0.2, 0) is 17.4 Å². The van der Waals surface area contributed by atoms with E-state index in [-0.39, 0.29) is 17.8 Å². The molecule has 35 heavy (non-hydrogen) atoms. The van der Waals surface area contributed by atoms with Gasteiger partial charge in [-0.15, -0.1) is 0 Å². The summed E-state index contributed by atoms with van der Waals surface area (Å²) in [6.07, 6.45) is 0.302. The van der Waals surface area contributed by atoms with Crippen LogP contribution in [0.1, 0.15) is 43.5 Å². The van der Waals surface area contributed by atoms with Crippen LogP contribution in [0.15, 0.2) is 55.1 Å². The van der Waals surface area contributed by atoms with Gasteiger partial charge in [-0.3, -0.25) is 9.78 Å². The van der Waals surface area contributed by atoms with Crippen molar-refractivity contribution in [1.29, 1.82) is 0 Å². The van der Waals surface area contributed by atoms with E-state index >= 15 is 0 Å². The van der Waals surface area contributed by atoms with Crippen LogP contribution < -0.4 is 10.1 Å². The summed E-state index contributed by atoms with van der Waals surface area (Å²) in [5.74, 6) is -0.923. The van der Waals surface area contributed by atoms with Crippen LogP contribution >= 0.6 is 45.2 Å². The highest BCUT2D eigenvalue weighted by atomic mass is 127. The Morgan fingerprint density at radius 2 is 1.74 bits per heavy atom. The van der Waals surface area contributed by atoms with Gasteiger partial charge in [-0.2, -0.15) is 13.2 Å². The summed E-state index contributed by atoms with van der Waals surface area (Å²) in [5, 5.41) is 2.97. The van der Waals surface area contributed by atoms with Gasteiger partial charge in [0, 0.05) is 37.6 Å². The van der Waals surface area contributed by atoms with Gasteiger partial charge in [0.2, 0.25) is 5.88 Å². The molecule has 11 heteroatoms. The largest absolute Gasteiger partial charge is 0.461 e. The Balaban J connectivity index is 1.79. The first-order valence-corrected chi connectivity index (χ1v) is 12.7. The zero-order chi connectivity index (χ0) is 25.8. The normalized spacial score (nSPS) is 13.7. The van der Waals surface area contributed by atoms with Gasteiger partial charge in [0.05, 0.1) is 0 Å². The second-order valence-corrected chi connectivity index (χ2v) is 11.0. The Hall–Kier alpha value is -2.03. The number of nitrogens with zero attached hydrogens (tertiary/aromatic N) is 3. The van der Waals surface area contributed by atoms with Gasteiger partial charge in [-0.25, -0.2) is 9.97 Å². The van der Waals surface area contributed by atoms with E-state index in [1.165, 1.54) is 13.8 Å². The number of hydrogen-bond acceptors (Lipinski definition) is 5. The topological polar surface area (TPSA) is 77.0 Å². The summed E-state index contributed by atoms with van der Waals surface area (Å²) < 4.78 is 46.6. The first-order chi connectivity index (χ1) is 16.3. The lowest BCUT2D eigenvalue weighted by Crippen LogP contribution is -2.51. The van der Waals surface area contributed by atoms with Crippen LogP contribution in [0.2, 0.25) is 0 Å². The number of pyridine rings is 1. The predicted molar refractivity (Wildman–Crippen MR) is 142 cm³/mol. The Kier molecular flexibility index (Phi) is 8.94. The number of ether oxygens (including phenoxy) is 1. The van der Waals surface area contributed by atoms with E-state index in [4.69, 9.17) is 4.74 Å². The summed E-state index contributed by atoms with van der Waals surface area (Å²) in [6.45, 7) is 4.84. The van der Waals surface area contributed by atoms with Crippen LogP contribution in [0.25, 0.3) is 0 Å². The van der Waals surface area contributed by atoms with E-state index in [1.807, 2.05) is 37.3 Å². The van der Waals surface area contributed by atoms with Crippen LogP contribution in [0.5, 0.6) is 5.88 Å². The molecule has 1 N–H and O–H groups in total. The van der Waals surface area contributed by atoms with E-state index in [9.17, 15) is 18.0 Å². The number of carbonyl (C=O) groups is 1. The summed E-state index contributed by atoms with van der Waals surface area (Å²) in [4.78, 5) is 24.4. The van der Waals surface area contributed by atoms with Crippen molar-refractivity contribution in [3.63, 3.8) is 0 Å². The summed E-state index contributed by atoms with van der Waals surface area (Å²) in [6, 6.07) is 10.5. The number of alkyl halides is 3. The molecule has 2 heterocycles. The van der Waals surface area contributed by atoms with Gasteiger partial charge < -0.3 is 10.1 Å². The van der Waals surface area contributed by atoms with Crippen LogP contribution in [0.3, 0.4) is 0 Å². The third kappa shape index (κ3) is 7.72. The van der Waals surface area contributed by atoms with Gasteiger partial charge in [-0.1, -0.05) is 12.1 Å². The average Bonchev–Trinajstić information content (AvgIpc) is 2.78. The van der Waals surface area contributed by atoms with Crippen LogP contribution in [-0.4, -0.2) is 32.5 Å². The monoisotopic (exact) mass is 710 g/mol. The second kappa shape index (κ2) is 11.4. The third-order valence-electron chi connectivity index (χ3n) is 5.32. The molecule has 2 unspecified atom stereocenters. The van der Waals surface area contributed by atoms with Crippen molar-refractivity contribution in [2.75, 3.05) is 0 Å². The molecule has 0 spiro atoms. The second-order valence-electron chi connectivity index (χ2n) is 8.49. The van der Waals surface area contributed by atoms with E-state index < -0.39 is 23.4 Å². The fourth-order valence-electron chi connectivity index (χ4n) is 3.43. The number of halogens is 5. The third-order valence-corrected chi connectivity index (χ3v) is 6.63. The number of rotatable bonds is 8. The van der Waals surface area contributed by atoms with Crippen molar-refractivity contribution >= 4 is 51.1 Å². The van der Waals surface area contributed by atoms with Gasteiger partial charge in [0.1, 0.15) is 6.33 Å². The SMILES string of the molecule is CC(NC(=O)C(C)(C)Oc1cc(C(F)(F)F)ncn1)C(Cc1ccc(I)cc1)c1cncc(I)c1. The fraction of sp³-hybridized carbons (Fsp3) is 0.333. The number of nitrogens with one attached hydrogen (secondary N) is 1. The first-order valence-electron chi connectivity index (χ1n) is 10.6. The maximum Gasteiger partial charge on any atom is 0.433 e. The molecule has 1 amide bonds.